The first-order valence-electron chi connectivity index (χ1n) is 5.33. The van der Waals surface area contributed by atoms with Crippen molar-refractivity contribution in [1.29, 1.82) is 0 Å². The molecule has 3 heteroatoms. The summed E-state index contributed by atoms with van der Waals surface area (Å²) in [5.41, 5.74) is 0.486. The van der Waals surface area contributed by atoms with E-state index in [9.17, 15) is 4.79 Å². The Morgan fingerprint density at radius 1 is 1.38 bits per heavy atom. The monoisotopic (exact) mass is 224 g/mol. The van der Waals surface area contributed by atoms with Gasteiger partial charge in [0.25, 0.3) is 0 Å². The predicted octanol–water partition coefficient (Wildman–Crippen LogP) is 1.92. The first-order chi connectivity index (χ1) is 7.40. The molecule has 0 fully saturated rings. The van der Waals surface area contributed by atoms with Crippen LogP contribution in [-0.2, 0) is 9.53 Å². The number of hydrogen-bond acceptors (Lipinski definition) is 2. The normalized spacial score (nSPS) is 12.9. The number of hydrogen-bond donors (Lipinski definition) is 0. The molecule has 0 amide bonds. The molecule has 0 bridgehead atoms. The van der Waals surface area contributed by atoms with Gasteiger partial charge in [0.05, 0.1) is 26.7 Å². The van der Waals surface area contributed by atoms with Gasteiger partial charge in [0.1, 0.15) is 13.2 Å². The Morgan fingerprint density at radius 2 is 2.00 bits per heavy atom. The van der Waals surface area contributed by atoms with Gasteiger partial charge in [0.2, 0.25) is 0 Å². The highest BCUT2D eigenvalue weighted by Gasteiger charge is 2.10. The highest BCUT2D eigenvalue weighted by molar-refractivity contribution is 5.91. The minimum atomic E-state index is -0.318. The highest BCUT2D eigenvalue weighted by atomic mass is 16.5. The molecule has 0 saturated heterocycles. The maximum atomic E-state index is 11.6. The van der Waals surface area contributed by atoms with Crippen LogP contribution in [0.3, 0.4) is 0 Å². The average molecular weight is 224 g/mol. The molecule has 0 aliphatic heterocycles. The van der Waals surface area contributed by atoms with Crippen LogP contribution in [0.25, 0.3) is 0 Å². The SMILES string of the molecule is C=C/C(=C\C=C/C)C(=O)OCC[N+](C)(C)C. The van der Waals surface area contributed by atoms with Gasteiger partial charge < -0.3 is 9.22 Å². The Bertz CT molecular complexity index is 296. The van der Waals surface area contributed by atoms with E-state index in [-0.39, 0.29) is 5.97 Å². The summed E-state index contributed by atoms with van der Waals surface area (Å²) in [7, 11) is 6.16. The van der Waals surface area contributed by atoms with Crippen LogP contribution in [0.2, 0.25) is 0 Å². The molecular formula is C13H22NO2+. The lowest BCUT2D eigenvalue weighted by molar-refractivity contribution is -0.870. The second-order valence-electron chi connectivity index (χ2n) is 4.50. The lowest BCUT2D eigenvalue weighted by atomic mass is 10.2. The molecule has 0 aromatic rings. The quantitative estimate of drug-likeness (QED) is 0.298. The zero-order chi connectivity index (χ0) is 12.6. The molecule has 0 rings (SSSR count). The molecule has 0 saturated carbocycles. The van der Waals surface area contributed by atoms with E-state index in [2.05, 4.69) is 27.7 Å². The standard InChI is InChI=1S/C13H22NO2/c1-6-8-9-12(7-2)13(15)16-11-10-14(3,4)5/h6-9H,2,10-11H2,1,3-5H3/q+1/b8-6-,12-9+. The number of likely N-dealkylation sites (N-methyl/N-ethyl adjacent to an activating group) is 1. The molecule has 0 aliphatic rings. The van der Waals surface area contributed by atoms with Crippen molar-refractivity contribution < 1.29 is 14.0 Å². The molecule has 0 spiro atoms. The van der Waals surface area contributed by atoms with E-state index in [0.29, 0.717) is 12.2 Å². The molecule has 0 radical (unpaired) electrons. The molecule has 0 aromatic heterocycles. The second-order valence-corrected chi connectivity index (χ2v) is 4.50. The number of allylic oxidation sites excluding steroid dienone is 3. The van der Waals surface area contributed by atoms with Crippen molar-refractivity contribution in [1.82, 2.24) is 0 Å². The smallest absolute Gasteiger partial charge is 0.338 e. The maximum absolute atomic E-state index is 11.6. The van der Waals surface area contributed by atoms with Gasteiger partial charge in [0.15, 0.2) is 0 Å². The Labute approximate surface area is 98.3 Å². The number of ether oxygens (including phenoxy) is 1. The van der Waals surface area contributed by atoms with Crippen LogP contribution in [0.4, 0.5) is 0 Å². The summed E-state index contributed by atoms with van der Waals surface area (Å²) >= 11 is 0. The van der Waals surface area contributed by atoms with Gasteiger partial charge in [-0.15, -0.1) is 0 Å². The van der Waals surface area contributed by atoms with Crippen molar-refractivity contribution in [3.05, 3.63) is 36.5 Å². The number of esters is 1. The second kappa shape index (κ2) is 7.01. The number of quaternary nitrogens is 1. The summed E-state index contributed by atoms with van der Waals surface area (Å²) in [5.74, 6) is -0.318. The van der Waals surface area contributed by atoms with E-state index < -0.39 is 0 Å². The first kappa shape index (κ1) is 14.6. The third-order valence-corrected chi connectivity index (χ3v) is 1.92. The van der Waals surface area contributed by atoms with Crippen LogP contribution < -0.4 is 0 Å². The van der Waals surface area contributed by atoms with E-state index in [4.69, 9.17) is 4.74 Å². The molecule has 0 N–H and O–H groups in total. The number of rotatable bonds is 6. The summed E-state index contributed by atoms with van der Waals surface area (Å²) in [4.78, 5) is 11.6. The lowest BCUT2D eigenvalue weighted by Crippen LogP contribution is -2.38. The van der Waals surface area contributed by atoms with Crippen LogP contribution in [0.1, 0.15) is 6.92 Å². The zero-order valence-corrected chi connectivity index (χ0v) is 10.7. The third kappa shape index (κ3) is 7.01. The molecule has 16 heavy (non-hydrogen) atoms. The van der Waals surface area contributed by atoms with Gasteiger partial charge in [-0.3, -0.25) is 0 Å². The van der Waals surface area contributed by atoms with Crippen LogP contribution in [-0.4, -0.2) is 44.7 Å². The fourth-order valence-electron chi connectivity index (χ4n) is 0.915. The maximum Gasteiger partial charge on any atom is 0.338 e. The van der Waals surface area contributed by atoms with Crippen LogP contribution in [0, 0.1) is 0 Å². The first-order valence-corrected chi connectivity index (χ1v) is 5.33. The third-order valence-electron chi connectivity index (χ3n) is 1.92. The largest absolute Gasteiger partial charge is 0.456 e. The summed E-state index contributed by atoms with van der Waals surface area (Å²) < 4.78 is 5.91. The summed E-state index contributed by atoms with van der Waals surface area (Å²) in [5, 5.41) is 0. The minimum Gasteiger partial charge on any atom is -0.456 e. The van der Waals surface area contributed by atoms with Gasteiger partial charge in [-0.05, 0) is 13.0 Å². The minimum absolute atomic E-state index is 0.318. The summed E-state index contributed by atoms with van der Waals surface area (Å²) in [6, 6.07) is 0. The number of carbonyl (C=O) groups is 1. The van der Waals surface area contributed by atoms with Gasteiger partial charge in [-0.1, -0.05) is 24.8 Å². The molecular weight excluding hydrogens is 202 g/mol. The Balaban J connectivity index is 4.19. The van der Waals surface area contributed by atoms with Gasteiger partial charge in [-0.2, -0.15) is 0 Å². The van der Waals surface area contributed by atoms with Crippen LogP contribution >= 0.6 is 0 Å². The Kier molecular flexibility index (Phi) is 6.42. The van der Waals surface area contributed by atoms with Gasteiger partial charge in [-0.25, -0.2) is 4.79 Å². The van der Waals surface area contributed by atoms with Crippen molar-refractivity contribution in [2.45, 2.75) is 6.92 Å². The molecule has 0 atom stereocenters. The zero-order valence-electron chi connectivity index (χ0n) is 10.7. The summed E-state index contributed by atoms with van der Waals surface area (Å²) in [6.45, 7) is 6.68. The molecule has 0 aliphatic carbocycles. The van der Waals surface area contributed by atoms with Crippen molar-refractivity contribution in [2.24, 2.45) is 0 Å². The van der Waals surface area contributed by atoms with E-state index in [1.807, 2.05) is 13.0 Å². The van der Waals surface area contributed by atoms with Crippen molar-refractivity contribution >= 4 is 5.97 Å². The van der Waals surface area contributed by atoms with Crippen molar-refractivity contribution in [2.75, 3.05) is 34.3 Å². The van der Waals surface area contributed by atoms with E-state index >= 15 is 0 Å². The fraction of sp³-hybridized carbons (Fsp3) is 0.462. The highest BCUT2D eigenvalue weighted by Crippen LogP contribution is 2.01. The van der Waals surface area contributed by atoms with E-state index in [0.717, 1.165) is 11.0 Å². The summed E-state index contributed by atoms with van der Waals surface area (Å²) in [6.07, 6.45) is 6.84. The van der Waals surface area contributed by atoms with Crippen molar-refractivity contribution in [3.8, 4) is 0 Å². The van der Waals surface area contributed by atoms with E-state index in [1.165, 1.54) is 6.08 Å². The van der Waals surface area contributed by atoms with E-state index in [1.54, 1.807) is 12.2 Å². The Hall–Kier alpha value is -1.35. The topological polar surface area (TPSA) is 26.3 Å². The molecule has 0 aromatic carbocycles. The fourth-order valence-corrected chi connectivity index (χ4v) is 0.915. The number of carbonyl (C=O) groups excluding carboxylic acids is 1. The van der Waals surface area contributed by atoms with Gasteiger partial charge in [0, 0.05) is 0 Å². The molecule has 3 nitrogen and oxygen atoms in total. The molecule has 0 heterocycles. The predicted molar refractivity (Wildman–Crippen MR) is 67.0 cm³/mol. The van der Waals surface area contributed by atoms with Crippen LogP contribution in [0.15, 0.2) is 36.5 Å². The average Bonchev–Trinajstić information content (AvgIpc) is 2.17. The Morgan fingerprint density at radius 3 is 2.44 bits per heavy atom. The lowest BCUT2D eigenvalue weighted by Gasteiger charge is -2.23. The molecule has 0 unspecified atom stereocenters. The van der Waals surface area contributed by atoms with Gasteiger partial charge >= 0.3 is 5.97 Å². The number of nitrogens with zero attached hydrogens (tertiary/aromatic N) is 1. The molecule has 90 valence electrons. The van der Waals surface area contributed by atoms with Crippen LogP contribution in [0.5, 0.6) is 0 Å². The van der Waals surface area contributed by atoms with Crippen molar-refractivity contribution in [3.63, 3.8) is 0 Å².